The van der Waals surface area contributed by atoms with Gasteiger partial charge in [0, 0.05) is 23.1 Å². The van der Waals surface area contributed by atoms with Crippen LogP contribution in [0, 0.1) is 0 Å². The first-order valence-electron chi connectivity index (χ1n) is 5.00. The molecule has 0 heterocycles. The molecular formula is C11H13BrClNO2. The highest BCUT2D eigenvalue weighted by atomic mass is 79.9. The topological polar surface area (TPSA) is 49.3 Å². The molecule has 0 aliphatic rings. The SMILES string of the molecule is O=C(O)CCCCNc1ccc(Br)c(Cl)c1. The summed E-state index contributed by atoms with van der Waals surface area (Å²) in [4.78, 5) is 10.3. The van der Waals surface area contributed by atoms with E-state index in [-0.39, 0.29) is 6.42 Å². The molecule has 0 bridgehead atoms. The highest BCUT2D eigenvalue weighted by Gasteiger charge is 1.99. The second-order valence-corrected chi connectivity index (χ2v) is 4.67. The number of nitrogens with one attached hydrogen (secondary N) is 1. The van der Waals surface area contributed by atoms with Gasteiger partial charge in [0.25, 0.3) is 0 Å². The van der Waals surface area contributed by atoms with Gasteiger partial charge < -0.3 is 10.4 Å². The standard InChI is InChI=1S/C11H13BrClNO2/c12-9-5-4-8(7-10(9)13)14-6-2-1-3-11(15)16/h4-5,7,14H,1-3,6H2,(H,15,16). The van der Waals surface area contributed by atoms with Gasteiger partial charge in [-0.2, -0.15) is 0 Å². The molecule has 16 heavy (non-hydrogen) atoms. The van der Waals surface area contributed by atoms with Crippen molar-refractivity contribution in [2.45, 2.75) is 19.3 Å². The van der Waals surface area contributed by atoms with Gasteiger partial charge in [-0.25, -0.2) is 0 Å². The molecule has 0 aliphatic heterocycles. The molecule has 0 spiro atoms. The number of anilines is 1. The predicted molar refractivity (Wildman–Crippen MR) is 69.1 cm³/mol. The van der Waals surface area contributed by atoms with E-state index in [0.717, 1.165) is 23.1 Å². The van der Waals surface area contributed by atoms with Crippen molar-refractivity contribution >= 4 is 39.2 Å². The number of halogens is 2. The lowest BCUT2D eigenvalue weighted by atomic mass is 10.2. The maximum atomic E-state index is 10.3. The molecule has 0 radical (unpaired) electrons. The Morgan fingerprint density at radius 2 is 2.19 bits per heavy atom. The molecule has 0 saturated carbocycles. The van der Waals surface area contributed by atoms with Gasteiger partial charge in [-0.15, -0.1) is 0 Å². The van der Waals surface area contributed by atoms with E-state index in [9.17, 15) is 4.79 Å². The van der Waals surface area contributed by atoms with Crippen molar-refractivity contribution in [1.29, 1.82) is 0 Å². The second-order valence-electron chi connectivity index (χ2n) is 3.41. The largest absolute Gasteiger partial charge is 0.481 e. The normalized spacial score (nSPS) is 10.1. The van der Waals surface area contributed by atoms with Gasteiger partial charge in [0.05, 0.1) is 5.02 Å². The molecule has 0 saturated heterocycles. The summed E-state index contributed by atoms with van der Waals surface area (Å²) >= 11 is 9.24. The van der Waals surface area contributed by atoms with Crippen LogP contribution >= 0.6 is 27.5 Å². The van der Waals surface area contributed by atoms with Gasteiger partial charge in [-0.05, 0) is 47.0 Å². The Hall–Kier alpha value is -0.740. The van der Waals surface area contributed by atoms with Crippen LogP contribution in [0.1, 0.15) is 19.3 Å². The van der Waals surface area contributed by atoms with Gasteiger partial charge in [0.2, 0.25) is 0 Å². The summed E-state index contributed by atoms with van der Waals surface area (Å²) in [5.41, 5.74) is 0.948. The fourth-order valence-electron chi connectivity index (χ4n) is 1.24. The summed E-state index contributed by atoms with van der Waals surface area (Å²) in [5, 5.41) is 12.3. The summed E-state index contributed by atoms with van der Waals surface area (Å²) in [6, 6.07) is 5.64. The van der Waals surface area contributed by atoms with E-state index >= 15 is 0 Å². The first kappa shape index (κ1) is 13.3. The van der Waals surface area contributed by atoms with E-state index in [0.29, 0.717) is 11.4 Å². The van der Waals surface area contributed by atoms with E-state index in [1.807, 2.05) is 18.2 Å². The molecular weight excluding hydrogens is 293 g/mol. The molecule has 1 aromatic rings. The molecule has 0 fully saturated rings. The number of carboxylic acids is 1. The lowest BCUT2D eigenvalue weighted by molar-refractivity contribution is -0.137. The Bertz CT molecular complexity index is 371. The van der Waals surface area contributed by atoms with Gasteiger partial charge >= 0.3 is 5.97 Å². The smallest absolute Gasteiger partial charge is 0.303 e. The van der Waals surface area contributed by atoms with E-state index in [1.54, 1.807) is 0 Å². The Kier molecular flexibility index (Phi) is 5.63. The van der Waals surface area contributed by atoms with Crippen molar-refractivity contribution in [3.8, 4) is 0 Å². The van der Waals surface area contributed by atoms with Crippen molar-refractivity contribution < 1.29 is 9.90 Å². The van der Waals surface area contributed by atoms with Crippen molar-refractivity contribution in [2.75, 3.05) is 11.9 Å². The summed E-state index contributed by atoms with van der Waals surface area (Å²) in [6.07, 6.45) is 1.75. The molecule has 88 valence electrons. The molecule has 2 N–H and O–H groups in total. The molecule has 0 amide bonds. The molecule has 1 rings (SSSR count). The lowest BCUT2D eigenvalue weighted by Gasteiger charge is -2.06. The Morgan fingerprint density at radius 1 is 1.44 bits per heavy atom. The van der Waals surface area contributed by atoms with Gasteiger partial charge in [0.15, 0.2) is 0 Å². The van der Waals surface area contributed by atoms with Crippen molar-refractivity contribution in [3.05, 3.63) is 27.7 Å². The summed E-state index contributed by atoms with van der Waals surface area (Å²) < 4.78 is 0.866. The van der Waals surface area contributed by atoms with Crippen LogP contribution in [0.5, 0.6) is 0 Å². The third-order valence-corrected chi connectivity index (χ3v) is 3.30. The van der Waals surface area contributed by atoms with Gasteiger partial charge in [-0.3, -0.25) is 4.79 Å². The van der Waals surface area contributed by atoms with Crippen LogP contribution in [0.25, 0.3) is 0 Å². The maximum Gasteiger partial charge on any atom is 0.303 e. The highest BCUT2D eigenvalue weighted by molar-refractivity contribution is 9.10. The molecule has 0 unspecified atom stereocenters. The number of carbonyl (C=O) groups is 1. The first-order chi connectivity index (χ1) is 7.59. The van der Waals surface area contributed by atoms with Crippen LogP contribution in [0.15, 0.2) is 22.7 Å². The molecule has 0 aromatic heterocycles. The third-order valence-electron chi connectivity index (χ3n) is 2.07. The van der Waals surface area contributed by atoms with E-state index in [2.05, 4.69) is 21.2 Å². The van der Waals surface area contributed by atoms with E-state index in [4.69, 9.17) is 16.7 Å². The predicted octanol–water partition coefficient (Wildman–Crippen LogP) is 3.77. The fourth-order valence-corrected chi connectivity index (χ4v) is 1.67. The third kappa shape index (κ3) is 4.86. The van der Waals surface area contributed by atoms with E-state index < -0.39 is 5.97 Å². The average molecular weight is 307 g/mol. The zero-order valence-electron chi connectivity index (χ0n) is 8.67. The van der Waals surface area contributed by atoms with Crippen LogP contribution in [0.4, 0.5) is 5.69 Å². The summed E-state index contributed by atoms with van der Waals surface area (Å²) in [6.45, 7) is 0.755. The fraction of sp³-hybridized carbons (Fsp3) is 0.364. The minimum atomic E-state index is -0.744. The number of hydrogen-bond acceptors (Lipinski definition) is 2. The minimum Gasteiger partial charge on any atom is -0.481 e. The number of hydrogen-bond donors (Lipinski definition) is 2. The number of benzene rings is 1. The van der Waals surface area contributed by atoms with Crippen molar-refractivity contribution in [2.24, 2.45) is 0 Å². The van der Waals surface area contributed by atoms with Crippen LogP contribution in [0.2, 0.25) is 5.02 Å². The molecule has 0 aliphatic carbocycles. The molecule has 1 aromatic carbocycles. The van der Waals surface area contributed by atoms with E-state index in [1.165, 1.54) is 0 Å². The van der Waals surface area contributed by atoms with Crippen LogP contribution < -0.4 is 5.32 Å². The minimum absolute atomic E-state index is 0.225. The average Bonchev–Trinajstić information content (AvgIpc) is 2.22. The first-order valence-corrected chi connectivity index (χ1v) is 6.17. The zero-order chi connectivity index (χ0) is 12.0. The monoisotopic (exact) mass is 305 g/mol. The number of rotatable bonds is 6. The lowest BCUT2D eigenvalue weighted by Crippen LogP contribution is -2.03. The van der Waals surface area contributed by atoms with Gasteiger partial charge in [0.1, 0.15) is 0 Å². The Balaban J connectivity index is 2.27. The van der Waals surface area contributed by atoms with Gasteiger partial charge in [-0.1, -0.05) is 11.6 Å². The molecule has 0 atom stereocenters. The molecule has 3 nitrogen and oxygen atoms in total. The Morgan fingerprint density at radius 3 is 2.81 bits per heavy atom. The van der Waals surface area contributed by atoms with Crippen LogP contribution in [-0.4, -0.2) is 17.6 Å². The summed E-state index contributed by atoms with van der Waals surface area (Å²) in [7, 11) is 0. The Labute approximate surface area is 108 Å². The van der Waals surface area contributed by atoms with Crippen molar-refractivity contribution in [1.82, 2.24) is 0 Å². The summed E-state index contributed by atoms with van der Waals surface area (Å²) in [5.74, 6) is -0.744. The highest BCUT2D eigenvalue weighted by Crippen LogP contribution is 2.25. The molecule has 5 heteroatoms. The van der Waals surface area contributed by atoms with Crippen LogP contribution in [-0.2, 0) is 4.79 Å². The zero-order valence-corrected chi connectivity index (χ0v) is 11.0. The van der Waals surface area contributed by atoms with Crippen LogP contribution in [0.3, 0.4) is 0 Å². The second kappa shape index (κ2) is 6.76. The number of aliphatic carboxylic acids is 1. The van der Waals surface area contributed by atoms with Crippen molar-refractivity contribution in [3.63, 3.8) is 0 Å². The number of carboxylic acid groups (broad SMARTS) is 1. The maximum absolute atomic E-state index is 10.3. The quantitative estimate of drug-likeness (QED) is 0.787. The number of unbranched alkanes of at least 4 members (excludes halogenated alkanes) is 1.